The highest BCUT2D eigenvalue weighted by Gasteiger charge is 2.54. The van der Waals surface area contributed by atoms with Gasteiger partial charge < -0.3 is 9.22 Å². The van der Waals surface area contributed by atoms with E-state index in [0.717, 1.165) is 41.1 Å². The van der Waals surface area contributed by atoms with Gasteiger partial charge in [0.1, 0.15) is 18.7 Å². The number of ether oxygens (including phenoxy) is 1. The molecule has 0 radical (unpaired) electrons. The molecule has 3 nitrogen and oxygen atoms in total. The number of fused-ring (bicyclic) bond motifs is 4. The maximum atomic E-state index is 6.97. The van der Waals surface area contributed by atoms with Crippen molar-refractivity contribution in [1.82, 2.24) is 4.98 Å². The van der Waals surface area contributed by atoms with Crippen LogP contribution in [-0.4, -0.2) is 28.6 Å². The molecule has 0 N–H and O–H groups in total. The minimum Gasteiger partial charge on any atom is -0.363 e. The summed E-state index contributed by atoms with van der Waals surface area (Å²) in [5.74, 6) is 1.19. The van der Waals surface area contributed by atoms with Crippen LogP contribution in [0, 0.1) is 11.8 Å². The molecule has 37 heavy (non-hydrogen) atoms. The largest absolute Gasteiger partial charge is 0.363 e. The minimum absolute atomic E-state index is 0.0409. The predicted molar refractivity (Wildman–Crippen MR) is 151 cm³/mol. The minimum atomic E-state index is -0.0409. The lowest BCUT2D eigenvalue weighted by Gasteiger charge is -2.58. The van der Waals surface area contributed by atoms with Crippen molar-refractivity contribution in [2.45, 2.75) is 38.1 Å². The molecule has 0 spiro atoms. The van der Waals surface area contributed by atoms with Crippen LogP contribution in [-0.2, 0) is 17.9 Å². The van der Waals surface area contributed by atoms with Gasteiger partial charge in [-0.25, -0.2) is 0 Å². The van der Waals surface area contributed by atoms with Crippen LogP contribution in [0.25, 0.3) is 10.9 Å². The van der Waals surface area contributed by atoms with Crippen molar-refractivity contribution < 1.29 is 9.22 Å². The van der Waals surface area contributed by atoms with E-state index in [0.29, 0.717) is 24.5 Å². The van der Waals surface area contributed by atoms with E-state index in [2.05, 4.69) is 96.5 Å². The molecule has 5 atom stereocenters. The fraction of sp³-hybridized carbons (Fsp3) is 0.303. The second-order valence-electron chi connectivity index (χ2n) is 10.8. The van der Waals surface area contributed by atoms with E-state index in [4.69, 9.17) is 16.3 Å². The molecule has 3 saturated heterocycles. The van der Waals surface area contributed by atoms with Crippen LogP contribution in [0.3, 0.4) is 0 Å². The van der Waals surface area contributed by atoms with Crippen molar-refractivity contribution in [3.63, 3.8) is 0 Å². The van der Waals surface area contributed by atoms with Gasteiger partial charge in [-0.1, -0.05) is 78.3 Å². The first-order valence-electron chi connectivity index (χ1n) is 13.4. The Labute approximate surface area is 225 Å². The van der Waals surface area contributed by atoms with Gasteiger partial charge in [-0.3, -0.25) is 4.98 Å². The fourth-order valence-corrected chi connectivity index (χ4v) is 7.11. The van der Waals surface area contributed by atoms with Gasteiger partial charge in [0.25, 0.3) is 0 Å². The van der Waals surface area contributed by atoms with Gasteiger partial charge in [0, 0.05) is 40.9 Å². The molecule has 0 saturated carbocycles. The Balaban J connectivity index is 1.44. The molecular formula is C33H34ClN2O+. The average Bonchev–Trinajstić information content (AvgIpc) is 2.94. The zero-order chi connectivity index (χ0) is 25.2. The van der Waals surface area contributed by atoms with E-state index in [-0.39, 0.29) is 6.10 Å². The summed E-state index contributed by atoms with van der Waals surface area (Å²) in [7, 11) is 0. The molecular weight excluding hydrogens is 476 g/mol. The zero-order valence-corrected chi connectivity index (χ0v) is 21.9. The number of nitrogens with zero attached hydrogens (tertiary/aromatic N) is 2. The number of halogens is 1. The summed E-state index contributed by atoms with van der Waals surface area (Å²) in [6.07, 6.45) is 6.47. The number of benzene rings is 3. The molecule has 1 aromatic heterocycles. The first-order chi connectivity index (χ1) is 18.1. The van der Waals surface area contributed by atoms with Crippen molar-refractivity contribution in [2.24, 2.45) is 11.8 Å². The van der Waals surface area contributed by atoms with Gasteiger partial charge in [-0.05, 0) is 41.3 Å². The monoisotopic (exact) mass is 509 g/mol. The van der Waals surface area contributed by atoms with Crippen molar-refractivity contribution in [1.29, 1.82) is 0 Å². The summed E-state index contributed by atoms with van der Waals surface area (Å²) in [6, 6.07) is 29.9. The van der Waals surface area contributed by atoms with E-state index in [9.17, 15) is 0 Å². The molecule has 1 unspecified atom stereocenters. The molecule has 3 aromatic carbocycles. The van der Waals surface area contributed by atoms with Crippen molar-refractivity contribution in [2.75, 3.05) is 13.1 Å². The summed E-state index contributed by atoms with van der Waals surface area (Å²) < 4.78 is 7.98. The van der Waals surface area contributed by atoms with Gasteiger partial charge in [-0.15, -0.1) is 6.58 Å². The molecule has 3 fully saturated rings. The van der Waals surface area contributed by atoms with Crippen LogP contribution in [0.15, 0.2) is 104 Å². The summed E-state index contributed by atoms with van der Waals surface area (Å²) in [4.78, 5) is 4.67. The SMILES string of the molecule is C=C[C@H]1C[N+]2(Cc3cccc(Cl)c3)CC[C@H]1C[C@@H]2[C@@H](OCc1ccccc1)c1ccnc2ccccc12. The lowest BCUT2D eigenvalue weighted by Crippen LogP contribution is -2.67. The van der Waals surface area contributed by atoms with Crippen molar-refractivity contribution in [3.8, 4) is 0 Å². The lowest BCUT2D eigenvalue weighted by molar-refractivity contribution is -0.985. The molecule has 2 bridgehead atoms. The van der Waals surface area contributed by atoms with E-state index in [1.807, 2.05) is 12.3 Å². The van der Waals surface area contributed by atoms with Crippen LogP contribution in [0.5, 0.6) is 0 Å². The zero-order valence-electron chi connectivity index (χ0n) is 21.2. The van der Waals surface area contributed by atoms with Crippen LogP contribution in [0.4, 0.5) is 0 Å². The summed E-state index contributed by atoms with van der Waals surface area (Å²) >= 11 is 6.44. The highest BCUT2D eigenvalue weighted by atomic mass is 35.5. The van der Waals surface area contributed by atoms with Crippen LogP contribution < -0.4 is 0 Å². The number of para-hydroxylation sites is 1. The number of pyridine rings is 1. The summed E-state index contributed by atoms with van der Waals surface area (Å²) in [5.41, 5.74) is 4.77. The maximum Gasteiger partial charge on any atom is 0.135 e. The van der Waals surface area contributed by atoms with E-state index in [1.54, 1.807) is 0 Å². The third-order valence-electron chi connectivity index (χ3n) is 8.67. The summed E-state index contributed by atoms with van der Waals surface area (Å²) in [6.45, 7) is 8.02. The highest BCUT2D eigenvalue weighted by Crippen LogP contribution is 2.49. The van der Waals surface area contributed by atoms with E-state index < -0.39 is 0 Å². The van der Waals surface area contributed by atoms with Crippen LogP contribution >= 0.6 is 11.6 Å². The van der Waals surface area contributed by atoms with Gasteiger partial charge in [-0.2, -0.15) is 0 Å². The van der Waals surface area contributed by atoms with Gasteiger partial charge >= 0.3 is 0 Å². The Bertz CT molecular complexity index is 1380. The van der Waals surface area contributed by atoms with Gasteiger partial charge in [0.15, 0.2) is 0 Å². The number of hydrogen-bond acceptors (Lipinski definition) is 2. The molecule has 4 heteroatoms. The Hall–Kier alpha value is -2.98. The normalized spacial score (nSPS) is 25.7. The second kappa shape index (κ2) is 10.4. The molecule has 0 aliphatic carbocycles. The molecule has 4 heterocycles. The topological polar surface area (TPSA) is 22.1 Å². The second-order valence-corrected chi connectivity index (χ2v) is 11.2. The third-order valence-corrected chi connectivity index (χ3v) is 8.91. The molecule has 188 valence electrons. The first-order valence-corrected chi connectivity index (χ1v) is 13.7. The summed E-state index contributed by atoms with van der Waals surface area (Å²) in [5, 5.41) is 1.99. The predicted octanol–water partition coefficient (Wildman–Crippen LogP) is 7.76. The number of aromatic nitrogens is 1. The number of hydrogen-bond donors (Lipinski definition) is 0. The Morgan fingerprint density at radius 2 is 1.81 bits per heavy atom. The Kier molecular flexibility index (Phi) is 6.86. The fourth-order valence-electron chi connectivity index (χ4n) is 6.90. The maximum absolute atomic E-state index is 6.97. The number of piperidine rings is 3. The molecule has 3 aliphatic rings. The average molecular weight is 510 g/mol. The van der Waals surface area contributed by atoms with Crippen molar-refractivity contribution in [3.05, 3.63) is 125 Å². The van der Waals surface area contributed by atoms with Crippen LogP contribution in [0.1, 0.15) is 35.6 Å². The Morgan fingerprint density at radius 1 is 1.00 bits per heavy atom. The van der Waals surface area contributed by atoms with E-state index >= 15 is 0 Å². The number of quaternary nitrogens is 1. The lowest BCUT2D eigenvalue weighted by atomic mass is 9.71. The smallest absolute Gasteiger partial charge is 0.135 e. The van der Waals surface area contributed by atoms with Crippen LogP contribution in [0.2, 0.25) is 5.02 Å². The van der Waals surface area contributed by atoms with Gasteiger partial charge in [0.2, 0.25) is 0 Å². The standard InChI is InChI=1S/C33H34ClN2O/c1-2-26-22-36(21-25-11-8-12-28(34)19-25)18-16-27(26)20-32(36)33(37-23-24-9-4-3-5-10-24)30-15-17-35-31-14-7-6-13-29(30)31/h2-15,17,19,26-27,32-33H,1,16,18,20-23H2/q+1/t26-,27-,32+,33-,36?/m0/s1. The molecule has 0 amide bonds. The molecule has 3 aliphatic heterocycles. The molecule has 7 rings (SSSR count). The Morgan fingerprint density at radius 3 is 2.65 bits per heavy atom. The number of rotatable bonds is 8. The van der Waals surface area contributed by atoms with Gasteiger partial charge in [0.05, 0.1) is 25.2 Å². The molecule has 4 aromatic rings. The quantitative estimate of drug-likeness (QED) is 0.179. The first kappa shape index (κ1) is 24.4. The third kappa shape index (κ3) is 4.84. The van der Waals surface area contributed by atoms with Crippen molar-refractivity contribution >= 4 is 22.5 Å². The highest BCUT2D eigenvalue weighted by molar-refractivity contribution is 6.30. The van der Waals surface area contributed by atoms with E-state index in [1.165, 1.54) is 28.5 Å².